The summed E-state index contributed by atoms with van der Waals surface area (Å²) in [6.45, 7) is 5.99. The van der Waals surface area contributed by atoms with E-state index in [9.17, 15) is 9.90 Å². The third-order valence-electron chi connectivity index (χ3n) is 3.05. The number of hydrogen-bond acceptors (Lipinski definition) is 1. The molecule has 0 spiro atoms. The third-order valence-corrected chi connectivity index (χ3v) is 3.71. The van der Waals surface area contributed by atoms with E-state index in [1.54, 1.807) is 6.07 Å². The summed E-state index contributed by atoms with van der Waals surface area (Å²) in [6, 6.07) is 9.68. The molecule has 0 amide bonds. The van der Waals surface area contributed by atoms with E-state index in [1.807, 2.05) is 49.6 Å². The van der Waals surface area contributed by atoms with Gasteiger partial charge in [0, 0.05) is 16.1 Å². The quantitative estimate of drug-likeness (QED) is 0.904. The van der Waals surface area contributed by atoms with Gasteiger partial charge in [-0.1, -0.05) is 28.1 Å². The van der Waals surface area contributed by atoms with Crippen LogP contribution in [0, 0.1) is 6.92 Å². The van der Waals surface area contributed by atoms with Gasteiger partial charge in [-0.25, -0.2) is 4.79 Å². The van der Waals surface area contributed by atoms with Gasteiger partial charge in [0.05, 0.1) is 5.69 Å². The van der Waals surface area contributed by atoms with E-state index >= 15 is 0 Å². The molecule has 2 aromatic rings. The Kier molecular flexibility index (Phi) is 3.80. The van der Waals surface area contributed by atoms with E-state index in [1.165, 1.54) is 0 Å². The second-order valence-corrected chi connectivity index (χ2v) is 5.71. The Bertz CT molecular complexity index is 629. The van der Waals surface area contributed by atoms with Gasteiger partial charge in [0.1, 0.15) is 5.69 Å². The van der Waals surface area contributed by atoms with Crippen molar-refractivity contribution in [3.63, 3.8) is 0 Å². The number of aryl methyl sites for hydroxylation is 1. The molecule has 0 aliphatic heterocycles. The number of hydrogen-bond donors (Lipinski definition) is 1. The molecule has 1 N–H and O–H groups in total. The normalized spacial score (nSPS) is 11.0. The van der Waals surface area contributed by atoms with E-state index in [-0.39, 0.29) is 6.04 Å². The Morgan fingerprint density at radius 2 is 1.95 bits per heavy atom. The van der Waals surface area contributed by atoms with Crippen molar-refractivity contribution in [1.82, 2.24) is 4.57 Å². The Hall–Kier alpha value is -1.55. The summed E-state index contributed by atoms with van der Waals surface area (Å²) in [5.41, 5.74) is 3.40. The van der Waals surface area contributed by atoms with E-state index < -0.39 is 5.97 Å². The zero-order valence-electron chi connectivity index (χ0n) is 11.1. The summed E-state index contributed by atoms with van der Waals surface area (Å²) >= 11 is 3.55. The smallest absolute Gasteiger partial charge is 0.352 e. The van der Waals surface area contributed by atoms with Crippen molar-refractivity contribution < 1.29 is 9.90 Å². The fourth-order valence-electron chi connectivity index (χ4n) is 2.23. The lowest BCUT2D eigenvalue weighted by molar-refractivity contribution is 0.0683. The molecular formula is C15H16BrNO2. The molecule has 100 valence electrons. The van der Waals surface area contributed by atoms with Crippen molar-refractivity contribution >= 4 is 21.9 Å². The number of nitrogens with zero attached hydrogens (tertiary/aromatic N) is 1. The highest BCUT2D eigenvalue weighted by Gasteiger charge is 2.18. The maximum absolute atomic E-state index is 11.3. The zero-order chi connectivity index (χ0) is 14.2. The molecule has 0 bridgehead atoms. The van der Waals surface area contributed by atoms with Gasteiger partial charge in [0.25, 0.3) is 0 Å². The van der Waals surface area contributed by atoms with Crippen LogP contribution in [0.1, 0.15) is 35.9 Å². The molecule has 19 heavy (non-hydrogen) atoms. The average molecular weight is 322 g/mol. The highest BCUT2D eigenvalue weighted by Crippen LogP contribution is 2.32. The second-order valence-electron chi connectivity index (χ2n) is 4.86. The fraction of sp³-hybridized carbons (Fsp3) is 0.267. The highest BCUT2D eigenvalue weighted by molar-refractivity contribution is 9.10. The predicted octanol–water partition coefficient (Wildman–Crippen LogP) is 4.51. The summed E-state index contributed by atoms with van der Waals surface area (Å²) < 4.78 is 2.82. The van der Waals surface area contributed by atoms with Crippen LogP contribution in [-0.4, -0.2) is 15.6 Å². The lowest BCUT2D eigenvalue weighted by atomic mass is 10.1. The molecule has 1 aromatic carbocycles. The van der Waals surface area contributed by atoms with Crippen LogP contribution in [0.15, 0.2) is 34.8 Å². The van der Waals surface area contributed by atoms with Gasteiger partial charge in [-0.15, -0.1) is 0 Å². The summed E-state index contributed by atoms with van der Waals surface area (Å²) in [4.78, 5) is 11.3. The molecule has 0 atom stereocenters. The van der Waals surface area contributed by atoms with Gasteiger partial charge < -0.3 is 9.67 Å². The third kappa shape index (κ3) is 2.59. The molecule has 0 saturated carbocycles. The first-order valence-electron chi connectivity index (χ1n) is 6.13. The molecule has 4 heteroatoms. The van der Waals surface area contributed by atoms with Gasteiger partial charge in [-0.2, -0.15) is 0 Å². The topological polar surface area (TPSA) is 42.2 Å². The number of rotatable bonds is 3. The van der Waals surface area contributed by atoms with Gasteiger partial charge in [0.2, 0.25) is 0 Å². The Labute approximate surface area is 121 Å². The van der Waals surface area contributed by atoms with Crippen molar-refractivity contribution in [3.8, 4) is 11.3 Å². The summed E-state index contributed by atoms with van der Waals surface area (Å²) in [6.07, 6.45) is 0. The van der Waals surface area contributed by atoms with Crippen LogP contribution < -0.4 is 0 Å². The minimum absolute atomic E-state index is 0.0873. The number of aromatic carboxylic acids is 1. The second kappa shape index (κ2) is 5.21. The van der Waals surface area contributed by atoms with Crippen LogP contribution in [0.5, 0.6) is 0 Å². The molecule has 3 nitrogen and oxygen atoms in total. The minimum Gasteiger partial charge on any atom is -0.477 e. The van der Waals surface area contributed by atoms with Crippen LogP contribution in [0.2, 0.25) is 0 Å². The molecule has 0 fully saturated rings. The van der Waals surface area contributed by atoms with Crippen molar-refractivity contribution in [1.29, 1.82) is 0 Å². The predicted molar refractivity (Wildman–Crippen MR) is 79.6 cm³/mol. The molecule has 0 aliphatic carbocycles. The number of aromatic nitrogens is 1. The number of benzene rings is 1. The summed E-state index contributed by atoms with van der Waals surface area (Å²) in [5.74, 6) is -0.900. The van der Waals surface area contributed by atoms with Gasteiger partial charge in [0.15, 0.2) is 0 Å². The van der Waals surface area contributed by atoms with Crippen LogP contribution in [-0.2, 0) is 0 Å². The van der Waals surface area contributed by atoms with Crippen molar-refractivity contribution in [3.05, 3.63) is 46.1 Å². The Balaban J connectivity index is 2.65. The van der Waals surface area contributed by atoms with Crippen LogP contribution in [0.3, 0.4) is 0 Å². The van der Waals surface area contributed by atoms with E-state index in [0.29, 0.717) is 5.69 Å². The molecule has 1 heterocycles. The molecule has 0 radical (unpaired) electrons. The van der Waals surface area contributed by atoms with E-state index in [4.69, 9.17) is 0 Å². The lowest BCUT2D eigenvalue weighted by Gasteiger charge is -2.16. The largest absolute Gasteiger partial charge is 0.477 e. The maximum Gasteiger partial charge on any atom is 0.352 e. The highest BCUT2D eigenvalue weighted by atomic mass is 79.9. The minimum atomic E-state index is -0.900. The number of carboxylic acid groups (broad SMARTS) is 1. The Morgan fingerprint density at radius 1 is 1.26 bits per heavy atom. The zero-order valence-corrected chi connectivity index (χ0v) is 12.7. The first kappa shape index (κ1) is 13.9. The Morgan fingerprint density at radius 3 is 2.47 bits per heavy atom. The molecular weight excluding hydrogens is 306 g/mol. The van der Waals surface area contributed by atoms with Crippen LogP contribution >= 0.6 is 15.9 Å². The summed E-state index contributed by atoms with van der Waals surface area (Å²) in [7, 11) is 0. The monoisotopic (exact) mass is 321 g/mol. The van der Waals surface area contributed by atoms with Gasteiger partial charge in [-0.05, 0) is 44.5 Å². The molecule has 1 aromatic heterocycles. The molecule has 0 unspecified atom stereocenters. The molecule has 0 aliphatic rings. The van der Waals surface area contributed by atoms with Crippen molar-refractivity contribution in [2.45, 2.75) is 26.8 Å². The van der Waals surface area contributed by atoms with Gasteiger partial charge >= 0.3 is 5.97 Å². The number of carboxylic acids is 1. The lowest BCUT2D eigenvalue weighted by Crippen LogP contribution is -2.11. The number of carbonyl (C=O) groups is 1. The molecule has 2 rings (SSSR count). The fourth-order valence-corrected chi connectivity index (χ4v) is 2.92. The number of halogens is 1. The van der Waals surface area contributed by atoms with Crippen LogP contribution in [0.4, 0.5) is 0 Å². The summed E-state index contributed by atoms with van der Waals surface area (Å²) in [5, 5.41) is 9.26. The van der Waals surface area contributed by atoms with Crippen molar-refractivity contribution in [2.75, 3.05) is 0 Å². The first-order valence-corrected chi connectivity index (χ1v) is 6.92. The van der Waals surface area contributed by atoms with E-state index in [2.05, 4.69) is 15.9 Å². The SMILES string of the molecule is Cc1ccc(-c2ccc(C(=O)O)n2C(C)C)c(Br)c1. The standard InChI is InChI=1S/C15H16BrNO2/c1-9(2)17-13(6-7-14(17)15(18)19)11-5-4-10(3)8-12(11)16/h4-9H,1-3H3,(H,18,19). The van der Waals surface area contributed by atoms with Crippen molar-refractivity contribution in [2.24, 2.45) is 0 Å². The van der Waals surface area contributed by atoms with Gasteiger partial charge in [-0.3, -0.25) is 0 Å². The first-order chi connectivity index (χ1) is 8.91. The maximum atomic E-state index is 11.3. The molecule has 0 saturated heterocycles. The van der Waals surface area contributed by atoms with E-state index in [0.717, 1.165) is 21.3 Å². The average Bonchev–Trinajstić information content (AvgIpc) is 2.73. The van der Waals surface area contributed by atoms with Crippen LogP contribution in [0.25, 0.3) is 11.3 Å².